The molecule has 3 rings (SSSR count). The first kappa shape index (κ1) is 23.6. The average Bonchev–Trinajstić information content (AvgIpc) is 3.13. The van der Waals surface area contributed by atoms with Crippen molar-refractivity contribution in [3.63, 3.8) is 0 Å². The molecule has 0 aliphatic heterocycles. The van der Waals surface area contributed by atoms with Gasteiger partial charge in [-0.15, -0.1) is 0 Å². The summed E-state index contributed by atoms with van der Waals surface area (Å²) in [5.74, 6) is 1.25. The van der Waals surface area contributed by atoms with Crippen molar-refractivity contribution in [1.82, 2.24) is 18.8 Å². The number of ether oxygens (including phenoxy) is 2. The molecule has 0 saturated heterocycles. The first-order chi connectivity index (χ1) is 15.1. The van der Waals surface area contributed by atoms with Crippen LogP contribution in [0, 0.1) is 0 Å². The number of benzene rings is 2. The maximum absolute atomic E-state index is 13.2. The molecule has 0 saturated carbocycles. The summed E-state index contributed by atoms with van der Waals surface area (Å²) in [4.78, 5) is 18.5. The molecule has 0 unspecified atom stereocenters. The molecule has 0 N–H and O–H groups in total. The molecule has 0 atom stereocenters. The normalized spacial score (nSPS) is 11.7. The van der Waals surface area contributed by atoms with Crippen LogP contribution in [0.5, 0.6) is 11.5 Å². The van der Waals surface area contributed by atoms with Crippen LogP contribution in [0.25, 0.3) is 11.0 Å². The number of aromatic nitrogens is 2. The number of hydrogen-bond donors (Lipinski definition) is 0. The van der Waals surface area contributed by atoms with E-state index < -0.39 is 10.0 Å². The maximum atomic E-state index is 13.2. The van der Waals surface area contributed by atoms with Crippen LogP contribution in [0.4, 0.5) is 0 Å². The Labute approximate surface area is 188 Å². The predicted molar refractivity (Wildman–Crippen MR) is 122 cm³/mol. The molecule has 0 radical (unpaired) electrons. The van der Waals surface area contributed by atoms with E-state index in [1.165, 1.54) is 42.6 Å². The summed E-state index contributed by atoms with van der Waals surface area (Å²) in [6.07, 6.45) is 0. The number of nitrogens with zero attached hydrogens (tertiary/aromatic N) is 4. The van der Waals surface area contributed by atoms with Crippen molar-refractivity contribution in [2.45, 2.75) is 24.9 Å². The summed E-state index contributed by atoms with van der Waals surface area (Å²) >= 11 is 0. The number of rotatable bonds is 8. The monoisotopic (exact) mass is 460 g/mol. The molecular weight excluding hydrogens is 432 g/mol. The van der Waals surface area contributed by atoms with E-state index in [0.29, 0.717) is 34.9 Å². The van der Waals surface area contributed by atoms with Crippen molar-refractivity contribution in [3.05, 3.63) is 47.8 Å². The number of fused-ring (bicyclic) bond motifs is 1. The Morgan fingerprint density at radius 2 is 1.72 bits per heavy atom. The van der Waals surface area contributed by atoms with Crippen LogP contribution in [0.15, 0.2) is 41.3 Å². The van der Waals surface area contributed by atoms with Crippen molar-refractivity contribution < 1.29 is 22.7 Å². The highest BCUT2D eigenvalue weighted by atomic mass is 32.2. The highest BCUT2D eigenvalue weighted by molar-refractivity contribution is 7.89. The SMILES string of the molecule is CCn1c(CN(C)S(=O)(=O)c2ccc(OC)c(OC)c2)nc2cc(C(=O)N(C)C)ccc21. The zero-order chi connectivity index (χ0) is 23.6. The summed E-state index contributed by atoms with van der Waals surface area (Å²) in [6.45, 7) is 2.64. The fourth-order valence-electron chi connectivity index (χ4n) is 3.49. The molecule has 1 aromatic heterocycles. The van der Waals surface area contributed by atoms with Crippen LogP contribution >= 0.6 is 0 Å². The van der Waals surface area contributed by atoms with E-state index in [1.54, 1.807) is 32.3 Å². The molecule has 172 valence electrons. The van der Waals surface area contributed by atoms with Gasteiger partial charge in [0.25, 0.3) is 5.91 Å². The number of sulfonamides is 1. The van der Waals surface area contributed by atoms with Crippen molar-refractivity contribution in [1.29, 1.82) is 0 Å². The van der Waals surface area contributed by atoms with E-state index in [1.807, 2.05) is 17.6 Å². The third-order valence-corrected chi connectivity index (χ3v) is 7.02. The molecule has 3 aromatic rings. The van der Waals surface area contributed by atoms with Crippen LogP contribution in [0.1, 0.15) is 23.1 Å². The lowest BCUT2D eigenvalue weighted by Crippen LogP contribution is -2.28. The summed E-state index contributed by atoms with van der Waals surface area (Å²) in [5.41, 5.74) is 2.02. The minimum absolute atomic E-state index is 0.0656. The molecule has 0 aliphatic carbocycles. The average molecular weight is 461 g/mol. The Hall–Kier alpha value is -3.11. The second kappa shape index (κ2) is 9.17. The molecule has 1 heterocycles. The van der Waals surface area contributed by atoms with Gasteiger partial charge in [-0.1, -0.05) is 0 Å². The number of imidazole rings is 1. The molecule has 0 bridgehead atoms. The maximum Gasteiger partial charge on any atom is 0.253 e. The Morgan fingerprint density at radius 1 is 1.03 bits per heavy atom. The number of carbonyl (C=O) groups is 1. The molecule has 10 heteroatoms. The van der Waals surface area contributed by atoms with Gasteiger partial charge in [0.15, 0.2) is 11.5 Å². The lowest BCUT2D eigenvalue weighted by Gasteiger charge is -2.18. The van der Waals surface area contributed by atoms with Gasteiger partial charge in [0, 0.05) is 39.3 Å². The molecule has 1 amide bonds. The fourth-order valence-corrected chi connectivity index (χ4v) is 4.63. The molecule has 9 nitrogen and oxygen atoms in total. The van der Waals surface area contributed by atoms with Crippen molar-refractivity contribution in [2.75, 3.05) is 35.4 Å². The zero-order valence-corrected chi connectivity index (χ0v) is 19.9. The molecule has 2 aromatic carbocycles. The summed E-state index contributed by atoms with van der Waals surface area (Å²) in [7, 11) is 4.03. The highest BCUT2D eigenvalue weighted by Crippen LogP contribution is 2.31. The number of hydrogen-bond acceptors (Lipinski definition) is 6. The summed E-state index contributed by atoms with van der Waals surface area (Å²) in [5, 5.41) is 0. The van der Waals surface area contributed by atoms with E-state index >= 15 is 0 Å². The highest BCUT2D eigenvalue weighted by Gasteiger charge is 2.25. The smallest absolute Gasteiger partial charge is 0.253 e. The van der Waals surface area contributed by atoms with Crippen LogP contribution in [-0.4, -0.2) is 68.4 Å². The van der Waals surface area contributed by atoms with Crippen LogP contribution < -0.4 is 9.47 Å². The van der Waals surface area contributed by atoms with Crippen molar-refractivity contribution >= 4 is 27.0 Å². The van der Waals surface area contributed by atoms with Gasteiger partial charge in [0.1, 0.15) is 5.82 Å². The Balaban J connectivity index is 1.96. The lowest BCUT2D eigenvalue weighted by molar-refractivity contribution is 0.0827. The number of amides is 1. The fraction of sp³-hybridized carbons (Fsp3) is 0.364. The van der Waals surface area contributed by atoms with Gasteiger partial charge in [0.05, 0.1) is 36.7 Å². The van der Waals surface area contributed by atoms with Crippen molar-refractivity contribution in [3.8, 4) is 11.5 Å². The third-order valence-electron chi connectivity index (χ3n) is 5.22. The molecule has 0 aliphatic rings. The van der Waals surface area contributed by atoms with E-state index in [4.69, 9.17) is 9.47 Å². The molecule has 0 spiro atoms. The largest absolute Gasteiger partial charge is 0.493 e. The van der Waals surface area contributed by atoms with Crippen LogP contribution in [-0.2, 0) is 23.1 Å². The second-order valence-electron chi connectivity index (χ2n) is 7.45. The van der Waals surface area contributed by atoms with E-state index in [9.17, 15) is 13.2 Å². The van der Waals surface area contributed by atoms with E-state index in [0.717, 1.165) is 5.52 Å². The first-order valence-electron chi connectivity index (χ1n) is 10.0. The van der Waals surface area contributed by atoms with Crippen molar-refractivity contribution in [2.24, 2.45) is 0 Å². The van der Waals surface area contributed by atoms with Gasteiger partial charge >= 0.3 is 0 Å². The van der Waals surface area contributed by atoms with Gasteiger partial charge in [-0.2, -0.15) is 4.31 Å². The zero-order valence-electron chi connectivity index (χ0n) is 19.1. The van der Waals surface area contributed by atoms with E-state index in [-0.39, 0.29) is 17.3 Å². The van der Waals surface area contributed by atoms with Gasteiger partial charge in [-0.25, -0.2) is 13.4 Å². The second-order valence-corrected chi connectivity index (χ2v) is 9.50. The van der Waals surface area contributed by atoms with E-state index in [2.05, 4.69) is 4.98 Å². The Morgan fingerprint density at radius 3 is 2.31 bits per heavy atom. The Kier molecular flexibility index (Phi) is 6.75. The van der Waals surface area contributed by atoms with Gasteiger partial charge in [0.2, 0.25) is 10.0 Å². The first-order valence-corrected chi connectivity index (χ1v) is 11.5. The summed E-state index contributed by atoms with van der Waals surface area (Å²) in [6, 6.07) is 9.81. The molecule has 0 fully saturated rings. The lowest BCUT2D eigenvalue weighted by atomic mass is 10.2. The molecule has 32 heavy (non-hydrogen) atoms. The minimum Gasteiger partial charge on any atom is -0.493 e. The molecular formula is C22H28N4O5S. The summed E-state index contributed by atoms with van der Waals surface area (Å²) < 4.78 is 40.0. The number of aryl methyl sites for hydroxylation is 1. The Bertz CT molecular complexity index is 1250. The number of methoxy groups -OCH3 is 2. The topological polar surface area (TPSA) is 94.0 Å². The third kappa shape index (κ3) is 4.28. The van der Waals surface area contributed by atoms with Crippen LogP contribution in [0.3, 0.4) is 0 Å². The standard InChI is InChI=1S/C22H28N4O5S/c1-7-26-18-10-8-15(22(27)24(2)3)12-17(18)23-21(26)14-25(4)32(28,29)16-9-11-19(30-5)20(13-16)31-6/h8-13H,7,14H2,1-6H3. The minimum atomic E-state index is -3.81. The van der Waals surface area contributed by atoms with Gasteiger partial charge in [-0.3, -0.25) is 4.79 Å². The van der Waals surface area contributed by atoms with Gasteiger partial charge < -0.3 is 18.9 Å². The van der Waals surface area contributed by atoms with Crippen LogP contribution in [0.2, 0.25) is 0 Å². The predicted octanol–water partition coefficient (Wildman–Crippen LogP) is 2.60. The quantitative estimate of drug-likeness (QED) is 0.513. The van der Waals surface area contributed by atoms with Gasteiger partial charge in [-0.05, 0) is 37.3 Å². The number of carbonyl (C=O) groups excluding carboxylic acids is 1.